The van der Waals surface area contributed by atoms with E-state index in [1.165, 1.54) is 0 Å². The zero-order chi connectivity index (χ0) is 19.5. The Kier molecular flexibility index (Phi) is 4.81. The topological polar surface area (TPSA) is 52.0 Å². The van der Waals surface area contributed by atoms with Crippen LogP contribution in [-0.2, 0) is 29.9 Å². The molecule has 0 saturated heterocycles. The second-order valence-electron chi connectivity index (χ2n) is 6.99. The van der Waals surface area contributed by atoms with Gasteiger partial charge in [0.25, 0.3) is 0 Å². The standard InChI is InChI=1S/C23H17N2O2S.Ir/c1-15-6-5-7-16(2)22(15)25-13-12-24-23(25)17-10-11-19-18-8-3-4-9-20(18)28(26,27)21(19)14-17;/h3-9,11-14H,1-2H3;/q-1;. The van der Waals surface area contributed by atoms with E-state index in [0.717, 1.165) is 22.4 Å². The van der Waals surface area contributed by atoms with Crippen LogP contribution in [-0.4, -0.2) is 18.0 Å². The Bertz CT molecular complexity index is 1340. The minimum Gasteiger partial charge on any atom is -0.340 e. The van der Waals surface area contributed by atoms with E-state index in [-0.39, 0.29) is 20.1 Å². The molecule has 1 radical (unpaired) electrons. The predicted molar refractivity (Wildman–Crippen MR) is 108 cm³/mol. The predicted octanol–water partition coefficient (Wildman–Crippen LogP) is 4.77. The Labute approximate surface area is 183 Å². The Balaban J connectivity index is 0.00000205. The fraction of sp³-hybridized carbons (Fsp3) is 0.0870. The quantitative estimate of drug-likeness (QED) is 0.284. The molecule has 0 atom stereocenters. The van der Waals surface area contributed by atoms with Crippen molar-refractivity contribution in [3.05, 3.63) is 84.2 Å². The van der Waals surface area contributed by atoms with Crippen LogP contribution in [0.25, 0.3) is 28.2 Å². The molecule has 4 nitrogen and oxygen atoms in total. The summed E-state index contributed by atoms with van der Waals surface area (Å²) in [6.07, 6.45) is 3.63. The van der Waals surface area contributed by atoms with Crippen molar-refractivity contribution >= 4 is 9.84 Å². The van der Waals surface area contributed by atoms with Gasteiger partial charge in [-0.3, -0.25) is 4.98 Å². The summed E-state index contributed by atoms with van der Waals surface area (Å²) in [4.78, 5) is 5.18. The van der Waals surface area contributed by atoms with Crippen LogP contribution in [0, 0.1) is 19.9 Å². The molecule has 0 bridgehead atoms. The van der Waals surface area contributed by atoms with E-state index in [9.17, 15) is 8.42 Å². The van der Waals surface area contributed by atoms with E-state index in [2.05, 4.69) is 37.0 Å². The smallest absolute Gasteiger partial charge is 0.189 e. The number of imidazole rings is 1. The van der Waals surface area contributed by atoms with Crippen LogP contribution in [0.15, 0.2) is 76.8 Å². The molecule has 29 heavy (non-hydrogen) atoms. The van der Waals surface area contributed by atoms with Crippen molar-refractivity contribution in [1.82, 2.24) is 9.55 Å². The largest absolute Gasteiger partial charge is 0.340 e. The van der Waals surface area contributed by atoms with E-state index in [1.54, 1.807) is 30.5 Å². The summed E-state index contributed by atoms with van der Waals surface area (Å²) in [5.74, 6) is 0.673. The van der Waals surface area contributed by atoms with Gasteiger partial charge in [-0.1, -0.05) is 42.0 Å². The zero-order valence-corrected chi connectivity index (χ0v) is 19.0. The number of hydrogen-bond acceptors (Lipinski definition) is 3. The van der Waals surface area contributed by atoms with Crippen LogP contribution in [0.2, 0.25) is 0 Å². The second kappa shape index (κ2) is 7.06. The summed E-state index contributed by atoms with van der Waals surface area (Å²) in [5, 5.41) is 0. The number of rotatable bonds is 2. The van der Waals surface area contributed by atoms with Crippen LogP contribution in [0.5, 0.6) is 0 Å². The molecule has 0 saturated carbocycles. The SMILES string of the molecule is Cc1cccc(C)c1-n1ccnc1-c1[c-]cc2c(c1)S(=O)(=O)c1ccccc1-2.[Ir]. The van der Waals surface area contributed by atoms with Crippen LogP contribution < -0.4 is 0 Å². The molecule has 1 aliphatic rings. The first-order valence-electron chi connectivity index (χ1n) is 8.99. The second-order valence-corrected chi connectivity index (χ2v) is 8.87. The summed E-state index contributed by atoms with van der Waals surface area (Å²) in [7, 11) is -3.53. The fourth-order valence-corrected chi connectivity index (χ4v) is 5.64. The molecule has 0 amide bonds. The average Bonchev–Trinajstić information content (AvgIpc) is 3.24. The number of aromatic nitrogens is 2. The van der Waals surface area contributed by atoms with Crippen molar-refractivity contribution in [3.63, 3.8) is 0 Å². The molecular formula is C23H17IrN2O2S-. The number of fused-ring (bicyclic) bond motifs is 3. The summed E-state index contributed by atoms with van der Waals surface area (Å²) in [6, 6.07) is 19.9. The van der Waals surface area contributed by atoms with Gasteiger partial charge in [0.05, 0.1) is 10.7 Å². The third kappa shape index (κ3) is 2.91. The van der Waals surface area contributed by atoms with Gasteiger partial charge in [-0.2, -0.15) is 0 Å². The molecular weight excluding hydrogens is 561 g/mol. The summed E-state index contributed by atoms with van der Waals surface area (Å²) in [5.41, 5.74) is 5.39. The van der Waals surface area contributed by atoms with Crippen molar-refractivity contribution in [2.24, 2.45) is 0 Å². The third-order valence-corrected chi connectivity index (χ3v) is 7.08. The van der Waals surface area contributed by atoms with Crippen molar-refractivity contribution in [2.45, 2.75) is 23.6 Å². The molecule has 1 aromatic heterocycles. The number of aryl methyl sites for hydroxylation is 2. The molecule has 3 aromatic carbocycles. The Hall–Kier alpha value is -2.53. The van der Waals surface area contributed by atoms with Crippen LogP contribution in [0.3, 0.4) is 0 Å². The molecule has 0 N–H and O–H groups in total. The first-order valence-corrected chi connectivity index (χ1v) is 10.5. The van der Waals surface area contributed by atoms with Crippen LogP contribution in [0.1, 0.15) is 11.1 Å². The zero-order valence-electron chi connectivity index (χ0n) is 15.8. The Morgan fingerprint density at radius 1 is 0.931 bits per heavy atom. The number of sulfone groups is 1. The Morgan fingerprint density at radius 3 is 2.41 bits per heavy atom. The summed E-state index contributed by atoms with van der Waals surface area (Å²) < 4.78 is 28.0. The van der Waals surface area contributed by atoms with E-state index in [0.29, 0.717) is 26.7 Å². The van der Waals surface area contributed by atoms with Crippen molar-refractivity contribution in [1.29, 1.82) is 0 Å². The molecule has 5 rings (SSSR count). The number of hydrogen-bond donors (Lipinski definition) is 0. The van der Waals surface area contributed by atoms with Crippen LogP contribution >= 0.6 is 0 Å². The van der Waals surface area contributed by atoms with Gasteiger partial charge in [-0.25, -0.2) is 8.42 Å². The number of para-hydroxylation sites is 1. The van der Waals surface area contributed by atoms with Gasteiger partial charge in [0.1, 0.15) is 0 Å². The van der Waals surface area contributed by atoms with Crippen LogP contribution in [0.4, 0.5) is 0 Å². The molecule has 0 aliphatic carbocycles. The van der Waals surface area contributed by atoms with E-state index in [1.807, 2.05) is 29.0 Å². The first-order chi connectivity index (χ1) is 13.5. The molecule has 0 spiro atoms. The molecule has 147 valence electrons. The van der Waals surface area contributed by atoms with Gasteiger partial charge >= 0.3 is 0 Å². The van der Waals surface area contributed by atoms with E-state index < -0.39 is 9.84 Å². The molecule has 4 aromatic rings. The average molecular weight is 578 g/mol. The third-order valence-electron chi connectivity index (χ3n) is 5.23. The van der Waals surface area contributed by atoms with Gasteiger partial charge in [-0.05, 0) is 41.5 Å². The molecule has 0 unspecified atom stereocenters. The molecule has 1 aliphatic heterocycles. The van der Waals surface area contributed by atoms with Crippen molar-refractivity contribution in [3.8, 4) is 28.2 Å². The maximum absolute atomic E-state index is 13.0. The van der Waals surface area contributed by atoms with Gasteiger partial charge in [0.2, 0.25) is 0 Å². The monoisotopic (exact) mass is 578 g/mol. The molecule has 2 heterocycles. The maximum Gasteiger partial charge on any atom is 0.189 e. The maximum atomic E-state index is 13.0. The fourth-order valence-electron chi connectivity index (χ4n) is 3.94. The molecule has 6 heteroatoms. The minimum atomic E-state index is -3.53. The van der Waals surface area contributed by atoms with Gasteiger partial charge in [0.15, 0.2) is 9.84 Å². The van der Waals surface area contributed by atoms with Crippen molar-refractivity contribution < 1.29 is 28.5 Å². The van der Waals surface area contributed by atoms with Gasteiger partial charge < -0.3 is 4.57 Å². The first kappa shape index (κ1) is 19.8. The number of benzene rings is 3. The molecule has 0 fully saturated rings. The minimum absolute atomic E-state index is 0. The van der Waals surface area contributed by atoms with E-state index >= 15 is 0 Å². The van der Waals surface area contributed by atoms with Gasteiger partial charge in [0, 0.05) is 38.2 Å². The normalized spacial score (nSPS) is 13.4. The van der Waals surface area contributed by atoms with Gasteiger partial charge in [-0.15, -0.1) is 23.8 Å². The number of nitrogens with zero attached hydrogens (tertiary/aromatic N) is 2. The summed E-state index contributed by atoms with van der Waals surface area (Å²) >= 11 is 0. The Morgan fingerprint density at radius 2 is 1.66 bits per heavy atom. The van der Waals surface area contributed by atoms with E-state index in [4.69, 9.17) is 0 Å². The van der Waals surface area contributed by atoms with Crippen molar-refractivity contribution in [2.75, 3.05) is 0 Å². The summed E-state index contributed by atoms with van der Waals surface area (Å²) in [6.45, 7) is 4.11.